The van der Waals surface area contributed by atoms with E-state index in [-0.39, 0.29) is 18.7 Å². The standard InChI is InChI=1S/C9H11F3N2O3/c1-6-7(8(15)16)4-14(13-6)2-3-17-5-9(10,11)12/h4H,2-3,5H2,1H3,(H,15,16). The van der Waals surface area contributed by atoms with Crippen LogP contribution in [0.5, 0.6) is 0 Å². The van der Waals surface area contributed by atoms with Gasteiger partial charge in [0, 0.05) is 6.20 Å². The summed E-state index contributed by atoms with van der Waals surface area (Å²) < 4.78 is 40.8. The second-order valence-corrected chi connectivity index (χ2v) is 3.36. The molecule has 1 N–H and O–H groups in total. The number of aromatic nitrogens is 2. The fourth-order valence-electron chi connectivity index (χ4n) is 1.19. The molecule has 0 aliphatic heterocycles. The summed E-state index contributed by atoms with van der Waals surface area (Å²) in [5.74, 6) is -1.12. The van der Waals surface area contributed by atoms with Gasteiger partial charge in [-0.05, 0) is 6.92 Å². The first kappa shape index (κ1) is 13.5. The van der Waals surface area contributed by atoms with Crippen molar-refractivity contribution in [3.63, 3.8) is 0 Å². The number of aryl methyl sites for hydroxylation is 1. The molecule has 1 aromatic rings. The summed E-state index contributed by atoms with van der Waals surface area (Å²) >= 11 is 0. The monoisotopic (exact) mass is 252 g/mol. The number of aromatic carboxylic acids is 1. The molecule has 0 unspecified atom stereocenters. The minimum atomic E-state index is -4.35. The average molecular weight is 252 g/mol. The van der Waals surface area contributed by atoms with Crippen molar-refractivity contribution in [2.75, 3.05) is 13.2 Å². The number of carboxylic acid groups (broad SMARTS) is 1. The first-order valence-corrected chi connectivity index (χ1v) is 4.71. The van der Waals surface area contributed by atoms with Crippen LogP contribution in [0.2, 0.25) is 0 Å². The van der Waals surface area contributed by atoms with Crippen LogP contribution in [0.3, 0.4) is 0 Å². The van der Waals surface area contributed by atoms with Crippen LogP contribution in [-0.4, -0.2) is 40.2 Å². The zero-order valence-corrected chi connectivity index (χ0v) is 8.99. The third-order valence-electron chi connectivity index (χ3n) is 1.91. The summed E-state index contributed by atoms with van der Waals surface area (Å²) in [5.41, 5.74) is 0.342. The van der Waals surface area contributed by atoms with Gasteiger partial charge in [0.15, 0.2) is 0 Å². The first-order valence-electron chi connectivity index (χ1n) is 4.71. The molecule has 96 valence electrons. The van der Waals surface area contributed by atoms with Crippen molar-refractivity contribution in [3.8, 4) is 0 Å². The number of alkyl halides is 3. The van der Waals surface area contributed by atoms with E-state index in [0.717, 1.165) is 0 Å². The van der Waals surface area contributed by atoms with E-state index in [1.807, 2.05) is 0 Å². The Labute approximate surface area is 94.8 Å². The van der Waals surface area contributed by atoms with Gasteiger partial charge in [-0.2, -0.15) is 18.3 Å². The summed E-state index contributed by atoms with van der Waals surface area (Å²) in [6.07, 6.45) is -3.10. The van der Waals surface area contributed by atoms with Crippen molar-refractivity contribution < 1.29 is 27.8 Å². The van der Waals surface area contributed by atoms with Gasteiger partial charge in [-0.15, -0.1) is 0 Å². The van der Waals surface area contributed by atoms with Crippen molar-refractivity contribution in [2.24, 2.45) is 0 Å². The maximum absolute atomic E-state index is 11.7. The normalized spacial score (nSPS) is 11.8. The van der Waals surface area contributed by atoms with Gasteiger partial charge in [0.05, 0.1) is 18.8 Å². The Morgan fingerprint density at radius 3 is 2.71 bits per heavy atom. The van der Waals surface area contributed by atoms with Crippen molar-refractivity contribution in [1.82, 2.24) is 9.78 Å². The molecule has 1 aromatic heterocycles. The highest BCUT2D eigenvalue weighted by molar-refractivity contribution is 5.88. The number of rotatable bonds is 5. The van der Waals surface area contributed by atoms with Crippen LogP contribution in [0, 0.1) is 6.92 Å². The van der Waals surface area contributed by atoms with E-state index in [4.69, 9.17) is 5.11 Å². The largest absolute Gasteiger partial charge is 0.478 e. The Morgan fingerprint density at radius 2 is 2.24 bits per heavy atom. The number of hydrogen-bond acceptors (Lipinski definition) is 3. The molecule has 1 heterocycles. The molecule has 0 aliphatic carbocycles. The Kier molecular flexibility index (Phi) is 4.11. The lowest BCUT2D eigenvalue weighted by Gasteiger charge is -2.07. The minimum Gasteiger partial charge on any atom is -0.478 e. The molecule has 8 heteroatoms. The fraction of sp³-hybridized carbons (Fsp3) is 0.556. The molecule has 0 amide bonds. The highest BCUT2D eigenvalue weighted by atomic mass is 19.4. The van der Waals surface area contributed by atoms with E-state index in [1.165, 1.54) is 17.8 Å². The van der Waals surface area contributed by atoms with E-state index in [2.05, 4.69) is 9.84 Å². The third kappa shape index (κ3) is 4.43. The van der Waals surface area contributed by atoms with Crippen molar-refractivity contribution in [1.29, 1.82) is 0 Å². The van der Waals surface area contributed by atoms with Gasteiger partial charge < -0.3 is 9.84 Å². The number of hydrogen-bond donors (Lipinski definition) is 1. The van der Waals surface area contributed by atoms with E-state index in [9.17, 15) is 18.0 Å². The quantitative estimate of drug-likeness (QED) is 0.806. The fourth-order valence-corrected chi connectivity index (χ4v) is 1.19. The highest BCUT2D eigenvalue weighted by Crippen LogP contribution is 2.14. The first-order chi connectivity index (χ1) is 7.79. The van der Waals surface area contributed by atoms with Crippen LogP contribution >= 0.6 is 0 Å². The molecule has 0 saturated heterocycles. The molecule has 0 atom stereocenters. The summed E-state index contributed by atoms with van der Waals surface area (Å²) in [6, 6.07) is 0. The van der Waals surface area contributed by atoms with Crippen LogP contribution < -0.4 is 0 Å². The molecule has 0 spiro atoms. The topological polar surface area (TPSA) is 64.4 Å². The second-order valence-electron chi connectivity index (χ2n) is 3.36. The summed E-state index contributed by atoms with van der Waals surface area (Å²) in [6.45, 7) is 0.0828. The lowest BCUT2D eigenvalue weighted by Crippen LogP contribution is -2.19. The van der Waals surface area contributed by atoms with Gasteiger partial charge in [-0.25, -0.2) is 4.79 Å². The van der Waals surface area contributed by atoms with Crippen LogP contribution in [-0.2, 0) is 11.3 Å². The summed E-state index contributed by atoms with van der Waals surface area (Å²) in [7, 11) is 0. The lowest BCUT2D eigenvalue weighted by atomic mass is 10.3. The van der Waals surface area contributed by atoms with E-state index >= 15 is 0 Å². The van der Waals surface area contributed by atoms with Gasteiger partial charge in [0.2, 0.25) is 0 Å². The Balaban J connectivity index is 2.43. The van der Waals surface area contributed by atoms with Crippen molar-refractivity contribution in [2.45, 2.75) is 19.6 Å². The van der Waals surface area contributed by atoms with E-state index < -0.39 is 18.8 Å². The molecule has 0 bridgehead atoms. The molecule has 17 heavy (non-hydrogen) atoms. The summed E-state index contributed by atoms with van der Waals surface area (Å²) in [5, 5.41) is 12.6. The maximum Gasteiger partial charge on any atom is 0.411 e. The van der Waals surface area contributed by atoms with Gasteiger partial charge in [-0.3, -0.25) is 4.68 Å². The van der Waals surface area contributed by atoms with Crippen molar-refractivity contribution in [3.05, 3.63) is 17.5 Å². The molecule has 0 aliphatic rings. The summed E-state index contributed by atoms with van der Waals surface area (Å²) in [4.78, 5) is 10.7. The van der Waals surface area contributed by atoms with Crippen LogP contribution in [0.15, 0.2) is 6.20 Å². The number of carboxylic acids is 1. The molecule has 0 aromatic carbocycles. The highest BCUT2D eigenvalue weighted by Gasteiger charge is 2.27. The zero-order chi connectivity index (χ0) is 13.1. The number of nitrogens with zero attached hydrogens (tertiary/aromatic N) is 2. The lowest BCUT2D eigenvalue weighted by molar-refractivity contribution is -0.174. The average Bonchev–Trinajstić information content (AvgIpc) is 2.53. The van der Waals surface area contributed by atoms with Crippen LogP contribution in [0.25, 0.3) is 0 Å². The predicted molar refractivity (Wildman–Crippen MR) is 50.8 cm³/mol. The molecule has 0 fully saturated rings. The number of halogens is 3. The molecular formula is C9H11F3N2O3. The zero-order valence-electron chi connectivity index (χ0n) is 8.99. The molecule has 5 nitrogen and oxygen atoms in total. The molecule has 0 radical (unpaired) electrons. The molecular weight excluding hydrogens is 241 g/mol. The number of carbonyl (C=O) groups is 1. The minimum absolute atomic E-state index is 0.0285. The smallest absolute Gasteiger partial charge is 0.411 e. The van der Waals surface area contributed by atoms with Crippen molar-refractivity contribution >= 4 is 5.97 Å². The van der Waals surface area contributed by atoms with Gasteiger partial charge in [-0.1, -0.05) is 0 Å². The van der Waals surface area contributed by atoms with Gasteiger partial charge in [0.1, 0.15) is 12.2 Å². The van der Waals surface area contributed by atoms with Crippen LogP contribution in [0.1, 0.15) is 16.1 Å². The maximum atomic E-state index is 11.7. The Morgan fingerprint density at radius 1 is 1.59 bits per heavy atom. The Bertz CT molecular complexity index is 401. The van der Waals surface area contributed by atoms with Gasteiger partial charge >= 0.3 is 12.1 Å². The SMILES string of the molecule is Cc1nn(CCOCC(F)(F)F)cc1C(=O)O. The number of ether oxygens (including phenoxy) is 1. The third-order valence-corrected chi connectivity index (χ3v) is 1.91. The van der Waals surface area contributed by atoms with Gasteiger partial charge in [0.25, 0.3) is 0 Å². The molecule has 0 saturated carbocycles. The predicted octanol–water partition coefficient (Wildman–Crippen LogP) is 1.47. The Hall–Kier alpha value is -1.57. The van der Waals surface area contributed by atoms with E-state index in [1.54, 1.807) is 0 Å². The molecule has 1 rings (SSSR count). The second kappa shape index (κ2) is 5.17. The van der Waals surface area contributed by atoms with E-state index in [0.29, 0.717) is 5.69 Å². The van der Waals surface area contributed by atoms with Crippen LogP contribution in [0.4, 0.5) is 13.2 Å².